The summed E-state index contributed by atoms with van der Waals surface area (Å²) >= 11 is 0.636. The molecule has 3 atom stereocenters. The van der Waals surface area contributed by atoms with E-state index in [2.05, 4.69) is 34.7 Å². The topological polar surface area (TPSA) is 164 Å². The Hall–Kier alpha value is -4.37. The van der Waals surface area contributed by atoms with Crippen LogP contribution in [0.2, 0.25) is 0 Å². The van der Waals surface area contributed by atoms with E-state index in [0.717, 1.165) is 35.7 Å². The van der Waals surface area contributed by atoms with Gasteiger partial charge in [0.25, 0.3) is 5.91 Å². The second-order valence-corrected chi connectivity index (χ2v) is 17.3. The van der Waals surface area contributed by atoms with Gasteiger partial charge >= 0.3 is 12.2 Å². The zero-order valence-corrected chi connectivity index (χ0v) is 35.1. The lowest BCUT2D eigenvalue weighted by Gasteiger charge is -2.42. The molecular formula is C41H51ClF3N7O6S. The monoisotopic (exact) mass is 861 g/mol. The maximum Gasteiger partial charge on any atom is 0.417 e. The van der Waals surface area contributed by atoms with E-state index in [0.29, 0.717) is 68.0 Å². The summed E-state index contributed by atoms with van der Waals surface area (Å²) in [4.78, 5) is 67.6. The Morgan fingerprint density at radius 2 is 1.68 bits per heavy atom. The van der Waals surface area contributed by atoms with Crippen LogP contribution in [0, 0.1) is 17.2 Å². The molecule has 3 unspecified atom stereocenters. The van der Waals surface area contributed by atoms with Gasteiger partial charge in [-0.05, 0) is 133 Å². The molecule has 0 bridgehead atoms. The number of nitriles is 1. The number of anilines is 2. The smallest absolute Gasteiger partial charge is 0.378 e. The van der Waals surface area contributed by atoms with Gasteiger partial charge in [-0.25, -0.2) is 4.79 Å². The number of ether oxygens (including phenoxy) is 1. The SMILES string of the molecule is CC1CC(CCOC2CCC(N3C(=O)N(Sc4ccc(C#N)c(C(F)(F)F)c4)C(=O)C3(C)C)CC2)CC(C)N1CC(=O)Nc1cccc(NC2CCC(=O)NC2=O)c1.Cl. The van der Waals surface area contributed by atoms with Crippen molar-refractivity contribution in [2.45, 2.75) is 132 Å². The molecule has 4 aliphatic rings. The lowest BCUT2D eigenvalue weighted by molar-refractivity contribution is -0.138. The highest BCUT2D eigenvalue weighted by Gasteiger charge is 2.55. The van der Waals surface area contributed by atoms with Gasteiger partial charge in [-0.15, -0.1) is 12.4 Å². The highest BCUT2D eigenvalue weighted by Crippen LogP contribution is 2.42. The third-order valence-corrected chi connectivity index (χ3v) is 12.7. The van der Waals surface area contributed by atoms with Crippen molar-refractivity contribution in [1.29, 1.82) is 5.26 Å². The zero-order valence-electron chi connectivity index (χ0n) is 33.5. The Labute approximate surface area is 352 Å². The summed E-state index contributed by atoms with van der Waals surface area (Å²) in [7, 11) is 0. The molecule has 59 heavy (non-hydrogen) atoms. The number of halogens is 4. The molecule has 3 N–H and O–H groups in total. The Kier molecular flexibility index (Phi) is 14.7. The number of nitrogens with one attached hydrogen (secondary N) is 3. The largest absolute Gasteiger partial charge is 0.417 e. The first-order valence-corrected chi connectivity index (χ1v) is 20.6. The van der Waals surface area contributed by atoms with Crippen molar-refractivity contribution in [3.05, 3.63) is 53.6 Å². The molecule has 0 spiro atoms. The number of likely N-dealkylation sites (tertiary alicyclic amines) is 1. The van der Waals surface area contributed by atoms with Crippen LogP contribution >= 0.6 is 24.4 Å². The summed E-state index contributed by atoms with van der Waals surface area (Å²) < 4.78 is 48.0. The van der Waals surface area contributed by atoms with Crippen LogP contribution in [0.4, 0.5) is 29.3 Å². The van der Waals surface area contributed by atoms with Crippen LogP contribution < -0.4 is 16.0 Å². The maximum atomic E-state index is 13.6. The number of piperidine rings is 2. The summed E-state index contributed by atoms with van der Waals surface area (Å²) in [5, 5.41) is 17.6. The molecule has 1 aliphatic carbocycles. The molecule has 13 nitrogen and oxygen atoms in total. The lowest BCUT2D eigenvalue weighted by atomic mass is 9.85. The molecule has 3 saturated heterocycles. The van der Waals surface area contributed by atoms with Crippen LogP contribution in [0.1, 0.15) is 96.6 Å². The maximum absolute atomic E-state index is 13.6. The van der Waals surface area contributed by atoms with Gasteiger partial charge in [-0.2, -0.15) is 22.7 Å². The van der Waals surface area contributed by atoms with E-state index in [4.69, 9.17) is 10.00 Å². The number of rotatable bonds is 12. The summed E-state index contributed by atoms with van der Waals surface area (Å²) in [5.74, 6) is -0.859. The van der Waals surface area contributed by atoms with Crippen molar-refractivity contribution in [3.63, 3.8) is 0 Å². The number of hydrogen-bond acceptors (Lipinski definition) is 10. The average Bonchev–Trinajstić information content (AvgIpc) is 3.32. The molecule has 18 heteroatoms. The fourth-order valence-electron chi connectivity index (χ4n) is 8.76. The van der Waals surface area contributed by atoms with Gasteiger partial charge in [0.15, 0.2) is 0 Å². The summed E-state index contributed by atoms with van der Waals surface area (Å²) in [6, 6.07) is 10.9. The van der Waals surface area contributed by atoms with Crippen LogP contribution in [-0.4, -0.2) is 92.7 Å². The molecule has 4 fully saturated rings. The minimum atomic E-state index is -4.76. The van der Waals surface area contributed by atoms with Crippen molar-refractivity contribution in [2.75, 3.05) is 23.8 Å². The van der Waals surface area contributed by atoms with Crippen molar-refractivity contribution < 1.29 is 41.9 Å². The highest BCUT2D eigenvalue weighted by molar-refractivity contribution is 7.98. The molecule has 3 aliphatic heterocycles. The normalized spacial score (nSPS) is 26.2. The van der Waals surface area contributed by atoms with E-state index in [1.807, 2.05) is 6.07 Å². The van der Waals surface area contributed by atoms with Crippen molar-refractivity contribution in [3.8, 4) is 6.07 Å². The van der Waals surface area contributed by atoms with Gasteiger partial charge in [-0.1, -0.05) is 6.07 Å². The van der Waals surface area contributed by atoms with Crippen LogP contribution in [0.5, 0.6) is 0 Å². The molecule has 6 amide bonds. The predicted molar refractivity (Wildman–Crippen MR) is 217 cm³/mol. The highest BCUT2D eigenvalue weighted by atomic mass is 35.5. The van der Waals surface area contributed by atoms with Gasteiger partial charge in [0.05, 0.1) is 29.8 Å². The van der Waals surface area contributed by atoms with Crippen molar-refractivity contribution in [1.82, 2.24) is 19.4 Å². The van der Waals surface area contributed by atoms with Crippen LogP contribution in [0.25, 0.3) is 0 Å². The molecular weight excluding hydrogens is 811 g/mol. The Morgan fingerprint density at radius 1 is 1.00 bits per heavy atom. The molecule has 1 saturated carbocycles. The fraction of sp³-hybridized carbons (Fsp3) is 0.561. The van der Waals surface area contributed by atoms with Crippen LogP contribution in [0.3, 0.4) is 0 Å². The molecule has 320 valence electrons. The van der Waals surface area contributed by atoms with E-state index in [9.17, 15) is 37.1 Å². The second kappa shape index (κ2) is 18.9. The van der Waals surface area contributed by atoms with Crippen molar-refractivity contribution in [2.24, 2.45) is 5.92 Å². The van der Waals surface area contributed by atoms with E-state index < -0.39 is 40.8 Å². The summed E-state index contributed by atoms with van der Waals surface area (Å²) in [5.41, 5.74) is -1.56. The van der Waals surface area contributed by atoms with Crippen molar-refractivity contribution >= 4 is 65.4 Å². The molecule has 3 heterocycles. The molecule has 6 rings (SSSR count). The Bertz CT molecular complexity index is 1940. The third kappa shape index (κ3) is 10.7. The first kappa shape index (κ1) is 45.7. The minimum Gasteiger partial charge on any atom is -0.378 e. The lowest BCUT2D eigenvalue weighted by Crippen LogP contribution is -2.51. The van der Waals surface area contributed by atoms with Gasteiger partial charge in [0.2, 0.25) is 17.7 Å². The van der Waals surface area contributed by atoms with E-state index in [1.54, 1.807) is 43.0 Å². The minimum absolute atomic E-state index is 0. The number of nitrogens with zero attached hydrogens (tertiary/aromatic N) is 4. The predicted octanol–water partition coefficient (Wildman–Crippen LogP) is 7.11. The third-order valence-electron chi connectivity index (χ3n) is 11.7. The zero-order chi connectivity index (χ0) is 41.9. The quantitative estimate of drug-likeness (QED) is 0.114. The van der Waals surface area contributed by atoms with E-state index >= 15 is 0 Å². The van der Waals surface area contributed by atoms with Gasteiger partial charge < -0.3 is 20.3 Å². The van der Waals surface area contributed by atoms with E-state index in [1.165, 1.54) is 6.07 Å². The Balaban J connectivity index is 0.00000661. The van der Waals surface area contributed by atoms with Crippen LogP contribution in [0.15, 0.2) is 47.4 Å². The van der Waals surface area contributed by atoms with E-state index in [-0.39, 0.29) is 72.2 Å². The molecule has 2 aromatic carbocycles. The van der Waals surface area contributed by atoms with Gasteiger partial charge in [0.1, 0.15) is 11.6 Å². The number of amides is 6. The number of benzene rings is 2. The van der Waals surface area contributed by atoms with Gasteiger partial charge in [0, 0.05) is 47.4 Å². The number of carbonyl (C=O) groups is 5. The first-order valence-electron chi connectivity index (χ1n) is 19.8. The second-order valence-electron chi connectivity index (χ2n) is 16.3. The standard InChI is InChI=1S/C41H50F3N7O6S.ClH/c1-24-18-26(19-25(2)49(24)23-36(53)47-29-7-5-6-28(20-29)46-34-14-15-35(52)48-37(34)54)16-17-57-31-11-9-30(10-12-31)50-39(56)51(38(55)40(50,3)4)58-32-13-8-27(22-45)33(21-32)41(42,43)44;/h5-8,13,20-21,24-26,30-31,34,46H,9-12,14-19,23H2,1-4H3,(H,47,53)(H,48,52,54);1H. The summed E-state index contributed by atoms with van der Waals surface area (Å²) in [6.45, 7) is 8.41. The Morgan fingerprint density at radius 3 is 2.32 bits per heavy atom. The molecule has 2 aromatic rings. The number of imide groups is 2. The number of hydrogen-bond donors (Lipinski definition) is 3. The van der Waals surface area contributed by atoms with Crippen LogP contribution in [-0.2, 0) is 30.1 Å². The fourth-order valence-corrected chi connectivity index (χ4v) is 9.74. The summed E-state index contributed by atoms with van der Waals surface area (Å²) in [6.07, 6.45) is 1.29. The number of alkyl halides is 3. The average molecular weight is 862 g/mol. The molecule has 0 aromatic heterocycles. The first-order chi connectivity index (χ1) is 27.4. The number of urea groups is 1. The van der Waals surface area contributed by atoms with Gasteiger partial charge in [-0.3, -0.25) is 29.4 Å². The molecule has 0 radical (unpaired) electrons. The number of carbonyl (C=O) groups excluding carboxylic acids is 5.